The van der Waals surface area contributed by atoms with Gasteiger partial charge in [-0.1, -0.05) is 29.5 Å². The van der Waals surface area contributed by atoms with Gasteiger partial charge in [0.05, 0.1) is 29.3 Å². The Bertz CT molecular complexity index is 1520. The van der Waals surface area contributed by atoms with Crippen LogP contribution in [0.4, 0.5) is 10.2 Å². The fourth-order valence-corrected chi connectivity index (χ4v) is 3.99. The lowest BCUT2D eigenvalue weighted by molar-refractivity contribution is 0.601. The van der Waals surface area contributed by atoms with E-state index in [1.807, 2.05) is 0 Å². The number of nitrogens with zero attached hydrogens (tertiary/aromatic N) is 6. The number of halogens is 1. The van der Waals surface area contributed by atoms with Gasteiger partial charge >= 0.3 is 0 Å². The summed E-state index contributed by atoms with van der Waals surface area (Å²) in [6.07, 6.45) is 2.62. The van der Waals surface area contributed by atoms with E-state index in [0.29, 0.717) is 22.3 Å². The molecule has 2 N–H and O–H groups in total. The van der Waals surface area contributed by atoms with Gasteiger partial charge in [0.2, 0.25) is 0 Å². The summed E-state index contributed by atoms with van der Waals surface area (Å²) in [6, 6.07) is 13.6. The van der Waals surface area contributed by atoms with Gasteiger partial charge in [-0.3, -0.25) is 0 Å². The third kappa shape index (κ3) is 4.42. The van der Waals surface area contributed by atoms with E-state index in [-0.39, 0.29) is 34.5 Å². The summed E-state index contributed by atoms with van der Waals surface area (Å²) in [5.74, 6) is -1.03. The van der Waals surface area contributed by atoms with Gasteiger partial charge in [0.1, 0.15) is 11.4 Å². The Morgan fingerprint density at radius 2 is 1.94 bits per heavy atom. The molecule has 0 aliphatic rings. The van der Waals surface area contributed by atoms with E-state index in [4.69, 9.17) is 5.73 Å². The molecule has 0 fully saturated rings. The second-order valence-electron chi connectivity index (χ2n) is 7.41. The molecule has 2 aromatic carbocycles. The van der Waals surface area contributed by atoms with Crippen LogP contribution >= 0.6 is 0 Å². The van der Waals surface area contributed by atoms with Gasteiger partial charge in [0, 0.05) is 11.8 Å². The van der Waals surface area contributed by atoms with Crippen LogP contribution in [0.5, 0.6) is 0 Å². The molecule has 0 aliphatic carbocycles. The third-order valence-corrected chi connectivity index (χ3v) is 6.13. The molecule has 2 aromatic heterocycles. The molecule has 2 heterocycles. The SMILES string of the molecule is Cc1c(C#N)cccc1-c1nc(N)c(F)c(-c2cn(Cc3cccc(S(C)(=O)=O)c3)nn2)n1. The zero-order valence-corrected chi connectivity index (χ0v) is 18.5. The highest BCUT2D eigenvalue weighted by Gasteiger charge is 2.19. The Morgan fingerprint density at radius 3 is 2.67 bits per heavy atom. The van der Waals surface area contributed by atoms with Crippen LogP contribution < -0.4 is 5.73 Å². The maximum Gasteiger partial charge on any atom is 0.193 e. The summed E-state index contributed by atoms with van der Waals surface area (Å²) in [7, 11) is -3.35. The number of anilines is 1. The molecule has 33 heavy (non-hydrogen) atoms. The summed E-state index contributed by atoms with van der Waals surface area (Å²) < 4.78 is 39.8. The van der Waals surface area contributed by atoms with Gasteiger partial charge in [-0.05, 0) is 36.2 Å². The van der Waals surface area contributed by atoms with E-state index in [1.54, 1.807) is 43.3 Å². The van der Waals surface area contributed by atoms with Gasteiger partial charge in [-0.15, -0.1) is 5.10 Å². The van der Waals surface area contributed by atoms with Crippen molar-refractivity contribution >= 4 is 15.7 Å². The average Bonchev–Trinajstić information content (AvgIpc) is 3.23. The van der Waals surface area contributed by atoms with Crippen molar-refractivity contribution in [3.63, 3.8) is 0 Å². The predicted octanol–water partition coefficient (Wildman–Crippen LogP) is 2.76. The molecule has 0 amide bonds. The highest BCUT2D eigenvalue weighted by molar-refractivity contribution is 7.90. The lowest BCUT2D eigenvalue weighted by atomic mass is 10.0. The summed E-state index contributed by atoms with van der Waals surface area (Å²) in [5, 5.41) is 17.3. The molecule has 0 unspecified atom stereocenters. The van der Waals surface area contributed by atoms with Crippen LogP contribution in [0.3, 0.4) is 0 Å². The highest BCUT2D eigenvalue weighted by Crippen LogP contribution is 2.28. The van der Waals surface area contributed by atoms with Crippen molar-refractivity contribution in [3.05, 3.63) is 71.2 Å². The summed E-state index contributed by atoms with van der Waals surface area (Å²) in [5.41, 5.74) is 8.13. The van der Waals surface area contributed by atoms with Crippen molar-refractivity contribution in [2.24, 2.45) is 0 Å². The van der Waals surface area contributed by atoms with Gasteiger partial charge in [0.25, 0.3) is 0 Å². The van der Waals surface area contributed by atoms with Crippen LogP contribution in [0.1, 0.15) is 16.7 Å². The monoisotopic (exact) mass is 463 g/mol. The average molecular weight is 463 g/mol. The van der Waals surface area contributed by atoms with Crippen molar-refractivity contribution in [1.29, 1.82) is 5.26 Å². The third-order valence-electron chi connectivity index (χ3n) is 5.02. The second kappa shape index (κ2) is 8.40. The van der Waals surface area contributed by atoms with Crippen LogP contribution in [0.2, 0.25) is 0 Å². The molecule has 0 saturated heterocycles. The number of sulfone groups is 1. The van der Waals surface area contributed by atoms with Crippen molar-refractivity contribution < 1.29 is 12.8 Å². The molecule has 0 radical (unpaired) electrons. The summed E-state index contributed by atoms with van der Waals surface area (Å²) in [4.78, 5) is 8.54. The molecular formula is C22H18FN7O2S. The Hall–Kier alpha value is -4.17. The van der Waals surface area contributed by atoms with Crippen LogP contribution in [0.15, 0.2) is 53.6 Å². The lowest BCUT2D eigenvalue weighted by Gasteiger charge is -2.09. The first-order valence-corrected chi connectivity index (χ1v) is 11.6. The van der Waals surface area contributed by atoms with E-state index in [2.05, 4.69) is 26.3 Å². The Kier molecular flexibility index (Phi) is 5.61. The molecule has 166 valence electrons. The number of benzene rings is 2. The normalized spacial score (nSPS) is 11.3. The first-order chi connectivity index (χ1) is 15.7. The minimum atomic E-state index is -3.35. The quantitative estimate of drug-likeness (QED) is 0.476. The molecule has 4 rings (SSSR count). The Labute approximate surface area is 189 Å². The first-order valence-electron chi connectivity index (χ1n) is 9.70. The van der Waals surface area contributed by atoms with Crippen LogP contribution in [-0.4, -0.2) is 39.6 Å². The van der Waals surface area contributed by atoms with E-state index in [9.17, 15) is 18.1 Å². The van der Waals surface area contributed by atoms with Crippen LogP contribution in [-0.2, 0) is 16.4 Å². The van der Waals surface area contributed by atoms with E-state index in [0.717, 1.165) is 6.26 Å². The highest BCUT2D eigenvalue weighted by atomic mass is 32.2. The topological polar surface area (TPSA) is 140 Å². The molecule has 0 saturated carbocycles. The number of rotatable bonds is 5. The van der Waals surface area contributed by atoms with Crippen molar-refractivity contribution in [3.8, 4) is 28.8 Å². The molecule has 9 nitrogen and oxygen atoms in total. The predicted molar refractivity (Wildman–Crippen MR) is 119 cm³/mol. The van der Waals surface area contributed by atoms with Gasteiger partial charge in [0.15, 0.2) is 27.3 Å². The smallest absolute Gasteiger partial charge is 0.193 e. The molecule has 0 aliphatic heterocycles. The van der Waals surface area contributed by atoms with Crippen molar-refractivity contribution in [2.75, 3.05) is 12.0 Å². The summed E-state index contributed by atoms with van der Waals surface area (Å²) >= 11 is 0. The largest absolute Gasteiger partial charge is 0.381 e. The molecule has 4 aromatic rings. The molecule has 0 atom stereocenters. The molecular weight excluding hydrogens is 445 g/mol. The maximum atomic E-state index is 14.8. The molecule has 11 heteroatoms. The lowest BCUT2D eigenvalue weighted by Crippen LogP contribution is -2.04. The standard InChI is InChI=1S/C22H18FN7O2S/c1-13-15(10-24)6-4-8-17(13)22-26-20(19(23)21(25)27-22)18-12-30(29-28-18)11-14-5-3-7-16(9-14)33(2,31)32/h3-9,12H,11H2,1-2H3,(H2,25,26,27). The Balaban J connectivity index is 1.71. The number of nitrogen functional groups attached to an aromatic ring is 1. The van der Waals surface area contributed by atoms with E-state index in [1.165, 1.54) is 16.9 Å². The number of nitrogens with two attached hydrogens (primary N) is 1. The van der Waals surface area contributed by atoms with Gasteiger partial charge in [-0.2, -0.15) is 5.26 Å². The fraction of sp³-hybridized carbons (Fsp3) is 0.136. The minimum absolute atomic E-state index is 0.129. The van der Waals surface area contributed by atoms with E-state index >= 15 is 0 Å². The second-order valence-corrected chi connectivity index (χ2v) is 9.42. The van der Waals surface area contributed by atoms with Crippen LogP contribution in [0.25, 0.3) is 22.8 Å². The summed E-state index contributed by atoms with van der Waals surface area (Å²) in [6.45, 7) is 1.96. The fourth-order valence-electron chi connectivity index (χ4n) is 3.30. The van der Waals surface area contributed by atoms with Crippen LogP contribution in [0, 0.1) is 24.1 Å². The first kappa shape index (κ1) is 22.0. The molecule has 0 spiro atoms. The van der Waals surface area contributed by atoms with Crippen molar-refractivity contribution in [2.45, 2.75) is 18.4 Å². The van der Waals surface area contributed by atoms with Gasteiger partial charge in [-0.25, -0.2) is 27.5 Å². The zero-order valence-electron chi connectivity index (χ0n) is 17.7. The molecule has 0 bridgehead atoms. The zero-order chi connectivity index (χ0) is 23.8. The van der Waals surface area contributed by atoms with Crippen molar-refractivity contribution in [1.82, 2.24) is 25.0 Å². The number of aromatic nitrogens is 5. The number of nitriles is 1. The number of hydrogen-bond donors (Lipinski definition) is 1. The number of hydrogen-bond acceptors (Lipinski definition) is 8. The Morgan fingerprint density at radius 1 is 1.18 bits per heavy atom. The van der Waals surface area contributed by atoms with Gasteiger partial charge < -0.3 is 5.73 Å². The minimum Gasteiger partial charge on any atom is -0.381 e. The maximum absolute atomic E-state index is 14.8. The van der Waals surface area contributed by atoms with E-state index < -0.39 is 15.7 Å².